The van der Waals surface area contributed by atoms with Gasteiger partial charge in [-0.1, -0.05) is 46.3 Å². The van der Waals surface area contributed by atoms with Crippen molar-refractivity contribution in [2.24, 2.45) is 0 Å². The first-order valence-electron chi connectivity index (χ1n) is 4.95. The first-order chi connectivity index (χ1) is 7.72. The molecule has 2 aromatic rings. The highest BCUT2D eigenvalue weighted by molar-refractivity contribution is 9.10. The lowest BCUT2D eigenvalue weighted by Gasteiger charge is -2.07. The average molecular weight is 279 g/mol. The topological polar surface area (TPSA) is 26.3 Å². The number of hydrogen-bond acceptors (Lipinski definition) is 2. The molecule has 0 aromatic heterocycles. The Kier molecular flexibility index (Phi) is 3.25. The Balaban J connectivity index is 2.57. The molecule has 0 radical (unpaired) electrons. The molecule has 0 unspecified atom stereocenters. The molecule has 0 aliphatic rings. The molecule has 0 aliphatic heterocycles. The zero-order valence-corrected chi connectivity index (χ0v) is 10.5. The second kappa shape index (κ2) is 4.66. The molecule has 0 spiro atoms. The predicted octanol–water partition coefficient (Wildman–Crippen LogP) is 3.32. The van der Waals surface area contributed by atoms with Crippen LogP contribution in [0.25, 0.3) is 10.8 Å². The first-order valence-corrected chi connectivity index (χ1v) is 5.74. The Morgan fingerprint density at radius 2 is 2.00 bits per heavy atom. The predicted molar refractivity (Wildman–Crippen MR) is 67.4 cm³/mol. The van der Waals surface area contributed by atoms with Gasteiger partial charge in [0.05, 0.1) is 13.5 Å². The van der Waals surface area contributed by atoms with Gasteiger partial charge in [0.2, 0.25) is 0 Å². The minimum atomic E-state index is -0.225. The van der Waals surface area contributed by atoms with Crippen molar-refractivity contribution in [2.75, 3.05) is 7.11 Å². The van der Waals surface area contributed by atoms with E-state index in [0.717, 1.165) is 20.8 Å². The van der Waals surface area contributed by atoms with Crippen molar-refractivity contribution in [1.82, 2.24) is 0 Å². The van der Waals surface area contributed by atoms with Gasteiger partial charge in [-0.2, -0.15) is 0 Å². The minimum absolute atomic E-state index is 0.225. The monoisotopic (exact) mass is 278 g/mol. The lowest BCUT2D eigenvalue weighted by molar-refractivity contribution is -0.139. The molecule has 0 heterocycles. The van der Waals surface area contributed by atoms with Gasteiger partial charge in [0.15, 0.2) is 0 Å². The van der Waals surface area contributed by atoms with Crippen molar-refractivity contribution in [1.29, 1.82) is 0 Å². The molecule has 0 atom stereocenters. The number of rotatable bonds is 2. The third kappa shape index (κ3) is 2.09. The first kappa shape index (κ1) is 11.1. The Bertz CT molecular complexity index is 534. The molecule has 3 heteroatoms. The zero-order valence-electron chi connectivity index (χ0n) is 8.87. The smallest absolute Gasteiger partial charge is 0.310 e. The molecule has 2 rings (SSSR count). The van der Waals surface area contributed by atoms with Gasteiger partial charge in [-0.05, 0) is 22.4 Å². The lowest BCUT2D eigenvalue weighted by Crippen LogP contribution is -2.05. The number of halogens is 1. The van der Waals surface area contributed by atoms with E-state index in [4.69, 9.17) is 4.74 Å². The second-order valence-corrected chi connectivity index (χ2v) is 4.35. The third-order valence-corrected chi connectivity index (χ3v) is 3.28. The summed E-state index contributed by atoms with van der Waals surface area (Å²) in [5.74, 6) is -0.225. The summed E-state index contributed by atoms with van der Waals surface area (Å²) < 4.78 is 5.64. The van der Waals surface area contributed by atoms with Crippen LogP contribution in [0, 0.1) is 0 Å². The number of carbonyl (C=O) groups excluding carboxylic acids is 1. The number of methoxy groups -OCH3 is 1. The van der Waals surface area contributed by atoms with Crippen LogP contribution in [0.3, 0.4) is 0 Å². The number of fused-ring (bicyclic) bond motifs is 1. The van der Waals surface area contributed by atoms with Crippen LogP contribution in [0.15, 0.2) is 40.9 Å². The van der Waals surface area contributed by atoms with Crippen molar-refractivity contribution in [2.45, 2.75) is 6.42 Å². The minimum Gasteiger partial charge on any atom is -0.469 e. The van der Waals surface area contributed by atoms with Crippen molar-refractivity contribution < 1.29 is 9.53 Å². The fraction of sp³-hybridized carbons (Fsp3) is 0.154. The molecule has 0 saturated carbocycles. The molecule has 82 valence electrons. The number of carbonyl (C=O) groups is 1. The van der Waals surface area contributed by atoms with E-state index in [2.05, 4.69) is 15.9 Å². The summed E-state index contributed by atoms with van der Waals surface area (Å²) in [4.78, 5) is 11.3. The number of benzene rings is 2. The molecule has 0 bridgehead atoms. The van der Waals surface area contributed by atoms with Crippen molar-refractivity contribution >= 4 is 32.7 Å². The maximum absolute atomic E-state index is 11.3. The van der Waals surface area contributed by atoms with Gasteiger partial charge in [-0.25, -0.2) is 0 Å². The summed E-state index contributed by atoms with van der Waals surface area (Å²) in [6.45, 7) is 0. The Labute approximate surface area is 102 Å². The van der Waals surface area contributed by atoms with E-state index in [9.17, 15) is 4.79 Å². The van der Waals surface area contributed by atoms with Crippen LogP contribution in [0.4, 0.5) is 0 Å². The van der Waals surface area contributed by atoms with Gasteiger partial charge in [-0.15, -0.1) is 0 Å². The van der Waals surface area contributed by atoms with E-state index in [0.29, 0.717) is 6.42 Å². The summed E-state index contributed by atoms with van der Waals surface area (Å²) in [6.07, 6.45) is 0.290. The van der Waals surface area contributed by atoms with Gasteiger partial charge in [0, 0.05) is 4.47 Å². The van der Waals surface area contributed by atoms with Crippen LogP contribution in [0.5, 0.6) is 0 Å². The summed E-state index contributed by atoms with van der Waals surface area (Å²) in [7, 11) is 1.40. The molecule has 0 amide bonds. The van der Waals surface area contributed by atoms with Gasteiger partial charge in [0.1, 0.15) is 0 Å². The molecule has 0 aliphatic carbocycles. The largest absolute Gasteiger partial charge is 0.469 e. The molecule has 0 saturated heterocycles. The van der Waals surface area contributed by atoms with E-state index < -0.39 is 0 Å². The van der Waals surface area contributed by atoms with Crippen molar-refractivity contribution in [3.63, 3.8) is 0 Å². The molecule has 16 heavy (non-hydrogen) atoms. The molecule has 0 N–H and O–H groups in total. The van der Waals surface area contributed by atoms with E-state index in [-0.39, 0.29) is 5.97 Å². The normalized spacial score (nSPS) is 10.4. The number of hydrogen-bond donors (Lipinski definition) is 0. The quantitative estimate of drug-likeness (QED) is 0.788. The van der Waals surface area contributed by atoms with Crippen LogP contribution in [-0.4, -0.2) is 13.1 Å². The van der Waals surface area contributed by atoms with E-state index in [1.54, 1.807) is 0 Å². The summed E-state index contributed by atoms with van der Waals surface area (Å²) in [6, 6.07) is 12.0. The standard InChI is InChI=1S/C13H11BrO2/c1-16-13(15)8-11-10-5-3-2-4-9(10)6-7-12(11)14/h2-7H,8H2,1H3. The Hall–Kier alpha value is -1.35. The van der Waals surface area contributed by atoms with Gasteiger partial charge >= 0.3 is 5.97 Å². The fourth-order valence-corrected chi connectivity index (χ4v) is 2.19. The zero-order chi connectivity index (χ0) is 11.5. The summed E-state index contributed by atoms with van der Waals surface area (Å²) >= 11 is 3.47. The molecule has 2 aromatic carbocycles. The van der Waals surface area contributed by atoms with Gasteiger partial charge in [-0.3, -0.25) is 4.79 Å². The lowest BCUT2D eigenvalue weighted by atomic mass is 10.0. The average Bonchev–Trinajstić information content (AvgIpc) is 2.32. The number of esters is 1. The maximum Gasteiger partial charge on any atom is 0.310 e. The highest BCUT2D eigenvalue weighted by atomic mass is 79.9. The second-order valence-electron chi connectivity index (χ2n) is 3.50. The maximum atomic E-state index is 11.3. The molecular formula is C13H11BrO2. The van der Waals surface area contributed by atoms with Crippen LogP contribution >= 0.6 is 15.9 Å². The fourth-order valence-electron chi connectivity index (χ4n) is 1.71. The van der Waals surface area contributed by atoms with Gasteiger partial charge < -0.3 is 4.74 Å². The molecular weight excluding hydrogens is 268 g/mol. The number of ether oxygens (including phenoxy) is 1. The van der Waals surface area contributed by atoms with E-state index in [1.165, 1.54) is 7.11 Å². The van der Waals surface area contributed by atoms with Crippen LogP contribution in [0.1, 0.15) is 5.56 Å². The van der Waals surface area contributed by atoms with E-state index in [1.807, 2.05) is 36.4 Å². The third-order valence-electron chi connectivity index (χ3n) is 2.53. The summed E-state index contributed by atoms with van der Waals surface area (Å²) in [5, 5.41) is 2.21. The van der Waals surface area contributed by atoms with Gasteiger partial charge in [0.25, 0.3) is 0 Å². The van der Waals surface area contributed by atoms with Crippen molar-refractivity contribution in [3.05, 3.63) is 46.4 Å². The van der Waals surface area contributed by atoms with E-state index >= 15 is 0 Å². The van der Waals surface area contributed by atoms with Crippen LogP contribution in [-0.2, 0) is 16.0 Å². The SMILES string of the molecule is COC(=O)Cc1c(Br)ccc2ccccc12. The molecule has 2 nitrogen and oxygen atoms in total. The Morgan fingerprint density at radius 1 is 1.25 bits per heavy atom. The van der Waals surface area contributed by atoms with Crippen LogP contribution < -0.4 is 0 Å². The summed E-state index contributed by atoms with van der Waals surface area (Å²) in [5.41, 5.74) is 0.977. The Morgan fingerprint density at radius 3 is 2.75 bits per heavy atom. The highest BCUT2D eigenvalue weighted by Gasteiger charge is 2.10. The highest BCUT2D eigenvalue weighted by Crippen LogP contribution is 2.27. The molecule has 0 fully saturated rings. The van der Waals surface area contributed by atoms with Crippen molar-refractivity contribution in [3.8, 4) is 0 Å². The van der Waals surface area contributed by atoms with Crippen LogP contribution in [0.2, 0.25) is 0 Å².